The van der Waals surface area contributed by atoms with Crippen LogP contribution < -0.4 is 9.88 Å². The zero-order valence-corrected chi connectivity index (χ0v) is 10.9. The zero-order valence-electron chi connectivity index (χ0n) is 8.52. The van der Waals surface area contributed by atoms with Crippen molar-refractivity contribution in [3.63, 3.8) is 0 Å². The lowest BCUT2D eigenvalue weighted by Gasteiger charge is -2.07. The Bertz CT molecular complexity index is 485. The number of ether oxygens (including phenoxy) is 1. The topological polar surface area (TPSA) is 69.4 Å². The predicted octanol–water partition coefficient (Wildman–Crippen LogP) is 2.05. The molecule has 0 saturated heterocycles. The third-order valence-electron chi connectivity index (χ3n) is 1.81. The minimum atomic E-state index is -3.67. The predicted molar refractivity (Wildman–Crippen MR) is 65.8 cm³/mol. The second kappa shape index (κ2) is 5.47. The molecule has 0 saturated carbocycles. The van der Waals surface area contributed by atoms with Gasteiger partial charge >= 0.3 is 0 Å². The zero-order chi connectivity index (χ0) is 12.2. The molecule has 88 valence electrons. The molecule has 0 bridgehead atoms. The number of halogens is 1. The van der Waals surface area contributed by atoms with Crippen LogP contribution in [0.15, 0.2) is 40.2 Å². The Balaban J connectivity index is 2.88. The quantitative estimate of drug-likeness (QED) is 0.668. The van der Waals surface area contributed by atoms with Gasteiger partial charge in [0.15, 0.2) is 0 Å². The fraction of sp³-hybridized carbons (Fsp3) is 0.200. The third-order valence-corrected chi connectivity index (χ3v) is 3.34. The minimum Gasteiger partial charge on any atom is -0.492 e. The number of primary sulfonamides is 1. The SMILES string of the molecule is C=CCCOc1ccc(S(N)(=O)=O)cc1Br. The first-order valence-electron chi connectivity index (χ1n) is 4.51. The summed E-state index contributed by atoms with van der Waals surface area (Å²) in [5, 5.41) is 4.99. The molecule has 0 aliphatic heterocycles. The Morgan fingerprint density at radius 3 is 2.69 bits per heavy atom. The average Bonchev–Trinajstić information content (AvgIpc) is 2.19. The molecule has 0 aliphatic carbocycles. The van der Waals surface area contributed by atoms with Crippen molar-refractivity contribution in [2.24, 2.45) is 5.14 Å². The maximum absolute atomic E-state index is 11.1. The summed E-state index contributed by atoms with van der Waals surface area (Å²) in [6.45, 7) is 4.07. The Hall–Kier alpha value is -0.850. The highest BCUT2D eigenvalue weighted by Gasteiger charge is 2.10. The van der Waals surface area contributed by atoms with E-state index in [9.17, 15) is 8.42 Å². The summed E-state index contributed by atoms with van der Waals surface area (Å²) in [5.41, 5.74) is 0. The number of benzene rings is 1. The Kier molecular flexibility index (Phi) is 4.52. The van der Waals surface area contributed by atoms with E-state index in [2.05, 4.69) is 22.5 Å². The summed E-state index contributed by atoms with van der Waals surface area (Å²) in [7, 11) is -3.67. The van der Waals surface area contributed by atoms with E-state index in [1.165, 1.54) is 12.1 Å². The van der Waals surface area contributed by atoms with Gasteiger partial charge in [-0.25, -0.2) is 13.6 Å². The molecule has 1 rings (SSSR count). The van der Waals surface area contributed by atoms with Crippen LogP contribution >= 0.6 is 15.9 Å². The van der Waals surface area contributed by atoms with E-state index in [0.29, 0.717) is 16.8 Å². The van der Waals surface area contributed by atoms with Gasteiger partial charge in [-0.15, -0.1) is 6.58 Å². The number of rotatable bonds is 5. The molecule has 1 aromatic carbocycles. The maximum atomic E-state index is 11.1. The van der Waals surface area contributed by atoms with Crippen LogP contribution in [0.4, 0.5) is 0 Å². The van der Waals surface area contributed by atoms with E-state index < -0.39 is 10.0 Å². The summed E-state index contributed by atoms with van der Waals surface area (Å²) in [6.07, 6.45) is 2.47. The van der Waals surface area contributed by atoms with Crippen LogP contribution in [-0.4, -0.2) is 15.0 Å². The van der Waals surface area contributed by atoms with Crippen molar-refractivity contribution in [3.05, 3.63) is 35.3 Å². The molecule has 0 radical (unpaired) electrons. The minimum absolute atomic E-state index is 0.0513. The van der Waals surface area contributed by atoms with Crippen LogP contribution in [0.5, 0.6) is 5.75 Å². The molecular weight excluding hydrogens is 294 g/mol. The molecule has 4 nitrogen and oxygen atoms in total. The Labute approximate surface area is 103 Å². The molecule has 0 aliphatic rings. The number of hydrogen-bond acceptors (Lipinski definition) is 3. The van der Waals surface area contributed by atoms with Crippen LogP contribution in [-0.2, 0) is 10.0 Å². The van der Waals surface area contributed by atoms with Crippen molar-refractivity contribution in [2.45, 2.75) is 11.3 Å². The highest BCUT2D eigenvalue weighted by Crippen LogP contribution is 2.27. The summed E-state index contributed by atoms with van der Waals surface area (Å²) in [4.78, 5) is 0.0513. The van der Waals surface area contributed by atoms with Crippen molar-refractivity contribution in [1.82, 2.24) is 0 Å². The van der Waals surface area contributed by atoms with E-state index in [4.69, 9.17) is 9.88 Å². The van der Waals surface area contributed by atoms with Gasteiger partial charge in [-0.1, -0.05) is 6.08 Å². The molecule has 16 heavy (non-hydrogen) atoms. The van der Waals surface area contributed by atoms with Gasteiger partial charge in [0.25, 0.3) is 0 Å². The second-order valence-electron chi connectivity index (χ2n) is 3.06. The van der Waals surface area contributed by atoms with Crippen LogP contribution in [0, 0.1) is 0 Å². The van der Waals surface area contributed by atoms with Crippen molar-refractivity contribution < 1.29 is 13.2 Å². The van der Waals surface area contributed by atoms with Crippen molar-refractivity contribution >= 4 is 26.0 Å². The summed E-state index contributed by atoms with van der Waals surface area (Å²) in [6, 6.07) is 4.38. The molecule has 0 atom stereocenters. The van der Waals surface area contributed by atoms with Crippen molar-refractivity contribution in [3.8, 4) is 5.75 Å². The van der Waals surface area contributed by atoms with Gasteiger partial charge in [0.05, 0.1) is 16.0 Å². The van der Waals surface area contributed by atoms with Gasteiger partial charge in [0.2, 0.25) is 10.0 Å². The lowest BCUT2D eigenvalue weighted by atomic mass is 10.3. The second-order valence-corrected chi connectivity index (χ2v) is 5.48. The molecule has 0 spiro atoms. The highest BCUT2D eigenvalue weighted by molar-refractivity contribution is 9.10. The molecule has 1 aromatic rings. The van der Waals surface area contributed by atoms with Crippen LogP contribution in [0.25, 0.3) is 0 Å². The van der Waals surface area contributed by atoms with Crippen molar-refractivity contribution in [2.75, 3.05) is 6.61 Å². The lowest BCUT2D eigenvalue weighted by Crippen LogP contribution is -2.12. The third kappa shape index (κ3) is 3.62. The maximum Gasteiger partial charge on any atom is 0.238 e. The first-order valence-corrected chi connectivity index (χ1v) is 6.85. The normalized spacial score (nSPS) is 11.1. The molecule has 0 aromatic heterocycles. The van der Waals surface area contributed by atoms with Gasteiger partial charge in [0.1, 0.15) is 5.75 Å². The molecule has 2 N–H and O–H groups in total. The Morgan fingerprint density at radius 1 is 1.50 bits per heavy atom. The van der Waals surface area contributed by atoms with E-state index in [0.717, 1.165) is 6.42 Å². The largest absolute Gasteiger partial charge is 0.492 e. The average molecular weight is 306 g/mol. The van der Waals surface area contributed by atoms with E-state index in [1.54, 1.807) is 12.1 Å². The lowest BCUT2D eigenvalue weighted by molar-refractivity contribution is 0.323. The number of hydrogen-bond donors (Lipinski definition) is 1. The van der Waals surface area contributed by atoms with Crippen LogP contribution in [0.3, 0.4) is 0 Å². The summed E-state index contributed by atoms with van der Waals surface area (Å²) in [5.74, 6) is 0.578. The van der Waals surface area contributed by atoms with E-state index >= 15 is 0 Å². The standard InChI is InChI=1S/C10H12BrNO3S/c1-2-3-6-15-10-5-4-8(7-9(10)11)16(12,13)14/h2,4-5,7H,1,3,6H2,(H2,12,13,14). The fourth-order valence-electron chi connectivity index (χ4n) is 1.03. The van der Waals surface area contributed by atoms with Gasteiger partial charge < -0.3 is 4.74 Å². The van der Waals surface area contributed by atoms with Crippen molar-refractivity contribution in [1.29, 1.82) is 0 Å². The highest BCUT2D eigenvalue weighted by atomic mass is 79.9. The molecule has 0 heterocycles. The van der Waals surface area contributed by atoms with Gasteiger partial charge in [-0.2, -0.15) is 0 Å². The van der Waals surface area contributed by atoms with E-state index in [-0.39, 0.29) is 4.90 Å². The smallest absolute Gasteiger partial charge is 0.238 e. The van der Waals surface area contributed by atoms with Gasteiger partial charge in [-0.3, -0.25) is 0 Å². The Morgan fingerprint density at radius 2 is 2.19 bits per heavy atom. The molecular formula is C10H12BrNO3S. The summed E-state index contributed by atoms with van der Waals surface area (Å²) >= 11 is 3.22. The molecule has 0 unspecified atom stereocenters. The number of nitrogens with two attached hydrogens (primary N) is 1. The van der Waals surface area contributed by atoms with Crippen LogP contribution in [0.2, 0.25) is 0 Å². The fourth-order valence-corrected chi connectivity index (χ4v) is 2.21. The van der Waals surface area contributed by atoms with Gasteiger partial charge in [0, 0.05) is 0 Å². The first kappa shape index (κ1) is 13.2. The monoisotopic (exact) mass is 305 g/mol. The van der Waals surface area contributed by atoms with E-state index in [1.807, 2.05) is 0 Å². The molecule has 0 fully saturated rings. The number of sulfonamides is 1. The summed E-state index contributed by atoms with van der Waals surface area (Å²) < 4.78 is 28.1. The first-order chi connectivity index (χ1) is 7.45. The molecule has 0 amide bonds. The van der Waals surface area contributed by atoms with Crippen LogP contribution in [0.1, 0.15) is 6.42 Å². The van der Waals surface area contributed by atoms with Gasteiger partial charge in [-0.05, 0) is 40.5 Å². The molecule has 6 heteroatoms.